The number of hydrogen-bond acceptors (Lipinski definition) is 4. The number of rotatable bonds is 6. The van der Waals surface area contributed by atoms with Gasteiger partial charge in [0.2, 0.25) is 0 Å². The summed E-state index contributed by atoms with van der Waals surface area (Å²) in [4.78, 5) is 15.1. The van der Waals surface area contributed by atoms with Crippen molar-refractivity contribution in [2.75, 3.05) is 0 Å². The fourth-order valence-electron chi connectivity index (χ4n) is 8.02. The van der Waals surface area contributed by atoms with Crippen molar-refractivity contribution in [3.8, 4) is 62.1 Å². The van der Waals surface area contributed by atoms with Gasteiger partial charge in [0.05, 0.1) is 11.0 Å². The van der Waals surface area contributed by atoms with E-state index in [-0.39, 0.29) is 0 Å². The molecule has 8 aromatic carbocycles. The fraction of sp³-hybridized carbons (Fsp3) is 0. The Balaban J connectivity index is 1.16. The zero-order chi connectivity index (χ0) is 37.0. The van der Waals surface area contributed by atoms with Crippen molar-refractivity contribution in [2.45, 2.75) is 0 Å². The van der Waals surface area contributed by atoms with E-state index in [4.69, 9.17) is 19.4 Å². The molecule has 3 aromatic heterocycles. The van der Waals surface area contributed by atoms with Crippen LogP contribution in [-0.4, -0.2) is 19.5 Å². The van der Waals surface area contributed by atoms with Gasteiger partial charge in [0, 0.05) is 50.0 Å². The highest BCUT2D eigenvalue weighted by Crippen LogP contribution is 2.42. The molecule has 0 saturated carbocycles. The fourth-order valence-corrected chi connectivity index (χ4v) is 8.02. The van der Waals surface area contributed by atoms with Gasteiger partial charge in [-0.05, 0) is 58.7 Å². The Kier molecular flexibility index (Phi) is 7.42. The summed E-state index contributed by atoms with van der Waals surface area (Å²) in [6.45, 7) is 0. The second-order valence-electron chi connectivity index (χ2n) is 14.0. The lowest BCUT2D eigenvalue weighted by atomic mass is 9.98. The molecule has 0 N–H and O–H groups in total. The number of fused-ring (bicyclic) bond motifs is 6. The predicted molar refractivity (Wildman–Crippen MR) is 229 cm³/mol. The van der Waals surface area contributed by atoms with Crippen LogP contribution in [0.25, 0.3) is 106 Å². The minimum absolute atomic E-state index is 0.597. The Morgan fingerprint density at radius 1 is 0.339 bits per heavy atom. The summed E-state index contributed by atoms with van der Waals surface area (Å²) in [5, 5.41) is 4.29. The van der Waals surface area contributed by atoms with Gasteiger partial charge in [0.15, 0.2) is 17.5 Å². The van der Waals surface area contributed by atoms with Crippen molar-refractivity contribution in [1.82, 2.24) is 19.5 Å². The molecule has 56 heavy (non-hydrogen) atoms. The van der Waals surface area contributed by atoms with Gasteiger partial charge in [0.25, 0.3) is 0 Å². The Labute approximate surface area is 322 Å². The topological polar surface area (TPSA) is 56.7 Å². The third kappa shape index (κ3) is 5.37. The first-order valence-electron chi connectivity index (χ1n) is 18.8. The molecule has 0 aliphatic carbocycles. The van der Waals surface area contributed by atoms with Gasteiger partial charge < -0.3 is 8.98 Å². The van der Waals surface area contributed by atoms with Crippen molar-refractivity contribution < 1.29 is 4.42 Å². The summed E-state index contributed by atoms with van der Waals surface area (Å²) < 4.78 is 9.12. The van der Waals surface area contributed by atoms with E-state index >= 15 is 0 Å². The second-order valence-corrected chi connectivity index (χ2v) is 14.0. The largest absolute Gasteiger partial charge is 0.456 e. The summed E-state index contributed by atoms with van der Waals surface area (Å²) in [7, 11) is 0. The van der Waals surface area contributed by atoms with Gasteiger partial charge in [-0.1, -0.05) is 152 Å². The third-order valence-corrected chi connectivity index (χ3v) is 10.6. The van der Waals surface area contributed by atoms with Gasteiger partial charge in [-0.3, -0.25) is 0 Å². The maximum atomic E-state index is 6.74. The molecular weight excluding hydrogens is 685 g/mol. The van der Waals surface area contributed by atoms with E-state index in [1.54, 1.807) is 0 Å². The molecule has 0 unspecified atom stereocenters. The SMILES string of the molecule is c1ccc(-c2cc(-c3ccccc3)cc(-n3c4ccccc4c4cc5c(cc43)oc3cccc(-c4nc(-c6ccccc6)nc(-c6ccccc6)n4)c35)c2)cc1. The van der Waals surface area contributed by atoms with E-state index in [1.807, 2.05) is 72.8 Å². The van der Waals surface area contributed by atoms with Crippen molar-refractivity contribution in [1.29, 1.82) is 0 Å². The van der Waals surface area contributed by atoms with Crippen LogP contribution in [0, 0.1) is 0 Å². The summed E-state index contributed by atoms with van der Waals surface area (Å²) in [6, 6.07) is 67.5. The van der Waals surface area contributed by atoms with Crippen LogP contribution in [0.15, 0.2) is 199 Å². The first-order chi connectivity index (χ1) is 27.7. The van der Waals surface area contributed by atoms with Crippen LogP contribution in [0.3, 0.4) is 0 Å². The average molecular weight is 717 g/mol. The molecule has 5 heteroatoms. The second kappa shape index (κ2) is 13.0. The van der Waals surface area contributed by atoms with E-state index in [2.05, 4.69) is 126 Å². The molecule has 0 aliphatic heterocycles. The molecular formula is C51H32N4O. The first kappa shape index (κ1) is 31.9. The van der Waals surface area contributed by atoms with E-state index in [1.165, 1.54) is 16.5 Å². The zero-order valence-corrected chi connectivity index (χ0v) is 30.2. The lowest BCUT2D eigenvalue weighted by molar-refractivity contribution is 0.669. The number of furan rings is 1. The lowest BCUT2D eigenvalue weighted by Crippen LogP contribution is -2.00. The Morgan fingerprint density at radius 2 is 0.875 bits per heavy atom. The summed E-state index contributed by atoms with van der Waals surface area (Å²) in [5.41, 5.74) is 12.3. The van der Waals surface area contributed by atoms with Gasteiger partial charge in [-0.25, -0.2) is 15.0 Å². The molecule has 0 bridgehead atoms. The molecule has 5 nitrogen and oxygen atoms in total. The van der Waals surface area contributed by atoms with Crippen LogP contribution >= 0.6 is 0 Å². The maximum absolute atomic E-state index is 6.74. The van der Waals surface area contributed by atoms with E-state index in [0.29, 0.717) is 17.5 Å². The lowest BCUT2D eigenvalue weighted by Gasteiger charge is -2.14. The quantitative estimate of drug-likeness (QED) is 0.172. The van der Waals surface area contributed by atoms with Crippen molar-refractivity contribution in [3.63, 3.8) is 0 Å². The molecule has 3 heterocycles. The molecule has 11 aromatic rings. The van der Waals surface area contributed by atoms with Crippen LogP contribution < -0.4 is 0 Å². The highest BCUT2D eigenvalue weighted by Gasteiger charge is 2.21. The van der Waals surface area contributed by atoms with Gasteiger partial charge >= 0.3 is 0 Å². The Bertz CT molecular complexity index is 3110. The number of nitrogens with zero attached hydrogens (tertiary/aromatic N) is 4. The van der Waals surface area contributed by atoms with E-state index in [9.17, 15) is 0 Å². The number of hydrogen-bond donors (Lipinski definition) is 0. The van der Waals surface area contributed by atoms with Crippen molar-refractivity contribution >= 4 is 43.7 Å². The number of aromatic nitrogens is 4. The average Bonchev–Trinajstić information content (AvgIpc) is 3.81. The first-order valence-corrected chi connectivity index (χ1v) is 18.8. The highest BCUT2D eigenvalue weighted by atomic mass is 16.3. The summed E-state index contributed by atoms with van der Waals surface area (Å²) in [6.07, 6.45) is 0. The third-order valence-electron chi connectivity index (χ3n) is 10.6. The molecule has 0 saturated heterocycles. The van der Waals surface area contributed by atoms with E-state index in [0.717, 1.165) is 71.9 Å². The zero-order valence-electron chi connectivity index (χ0n) is 30.2. The molecule has 0 radical (unpaired) electrons. The standard InChI is InChI=1S/C51H32N4O/c1-5-16-33(17-6-1)37-28-38(34-18-7-2-8-19-34)30-39(29-37)55-44-26-14-13-24-40(44)42-31-43-47(32-45(42)55)56-46-27-15-25-41(48(43)46)51-53-49(35-20-9-3-10-21-35)52-50(54-51)36-22-11-4-12-23-36/h1-32H. The van der Waals surface area contributed by atoms with Gasteiger partial charge in [0.1, 0.15) is 11.2 Å². The molecule has 0 spiro atoms. The Morgan fingerprint density at radius 3 is 1.48 bits per heavy atom. The maximum Gasteiger partial charge on any atom is 0.164 e. The van der Waals surface area contributed by atoms with Crippen LogP contribution in [-0.2, 0) is 0 Å². The van der Waals surface area contributed by atoms with Crippen LogP contribution in [0.2, 0.25) is 0 Å². The molecule has 262 valence electrons. The molecule has 11 rings (SSSR count). The van der Waals surface area contributed by atoms with Crippen LogP contribution in [0.1, 0.15) is 0 Å². The smallest absolute Gasteiger partial charge is 0.164 e. The molecule has 0 aliphatic rings. The monoisotopic (exact) mass is 716 g/mol. The van der Waals surface area contributed by atoms with Crippen molar-refractivity contribution in [2.24, 2.45) is 0 Å². The van der Waals surface area contributed by atoms with Crippen LogP contribution in [0.5, 0.6) is 0 Å². The van der Waals surface area contributed by atoms with Crippen LogP contribution in [0.4, 0.5) is 0 Å². The summed E-state index contributed by atoms with van der Waals surface area (Å²) >= 11 is 0. The van der Waals surface area contributed by atoms with Gasteiger partial charge in [-0.2, -0.15) is 0 Å². The molecule has 0 atom stereocenters. The number of benzene rings is 8. The summed E-state index contributed by atoms with van der Waals surface area (Å²) in [5.74, 6) is 1.84. The minimum Gasteiger partial charge on any atom is -0.456 e. The predicted octanol–water partition coefficient (Wildman–Crippen LogP) is 13.2. The molecule has 0 fully saturated rings. The van der Waals surface area contributed by atoms with E-state index < -0.39 is 0 Å². The number of para-hydroxylation sites is 1. The van der Waals surface area contributed by atoms with Gasteiger partial charge in [-0.15, -0.1) is 0 Å². The Hall–Kier alpha value is -7.63. The minimum atomic E-state index is 0.597. The normalized spacial score (nSPS) is 11.6. The highest BCUT2D eigenvalue weighted by molar-refractivity contribution is 6.19. The molecule has 0 amide bonds. The van der Waals surface area contributed by atoms with Crippen molar-refractivity contribution in [3.05, 3.63) is 194 Å².